The Morgan fingerprint density at radius 1 is 1.22 bits per heavy atom. The number of aromatic nitrogens is 3. The molecule has 0 saturated heterocycles. The highest BCUT2D eigenvalue weighted by molar-refractivity contribution is 5.86. The van der Waals surface area contributed by atoms with Crippen LogP contribution in [0, 0.1) is 0 Å². The van der Waals surface area contributed by atoms with Crippen LogP contribution in [0.5, 0.6) is 0 Å². The Balaban J connectivity index is 2.01. The molecule has 0 spiro atoms. The van der Waals surface area contributed by atoms with Gasteiger partial charge in [0.05, 0.1) is 5.52 Å². The van der Waals surface area contributed by atoms with E-state index in [1.165, 1.54) is 25.7 Å². The van der Waals surface area contributed by atoms with Crippen molar-refractivity contribution in [3.05, 3.63) is 18.3 Å². The van der Waals surface area contributed by atoms with Crippen molar-refractivity contribution in [1.29, 1.82) is 0 Å². The van der Waals surface area contributed by atoms with Crippen LogP contribution in [0.1, 0.15) is 25.7 Å². The molecule has 2 N–H and O–H groups in total. The van der Waals surface area contributed by atoms with E-state index in [1.54, 1.807) is 6.20 Å². The molecule has 18 heavy (non-hydrogen) atoms. The van der Waals surface area contributed by atoms with Gasteiger partial charge in [-0.3, -0.25) is 4.98 Å². The van der Waals surface area contributed by atoms with Crippen molar-refractivity contribution < 1.29 is 0 Å². The maximum atomic E-state index is 4.49. The van der Waals surface area contributed by atoms with E-state index in [1.807, 2.05) is 19.2 Å². The first-order valence-electron chi connectivity index (χ1n) is 6.44. The Morgan fingerprint density at radius 2 is 2.06 bits per heavy atom. The first-order chi connectivity index (χ1) is 8.86. The molecule has 1 fully saturated rings. The lowest BCUT2D eigenvalue weighted by Crippen LogP contribution is -2.16. The van der Waals surface area contributed by atoms with E-state index in [4.69, 9.17) is 0 Å². The molecule has 94 valence electrons. The highest BCUT2D eigenvalue weighted by Crippen LogP contribution is 2.25. The summed E-state index contributed by atoms with van der Waals surface area (Å²) in [5, 5.41) is 6.50. The molecule has 0 aliphatic heterocycles. The zero-order valence-electron chi connectivity index (χ0n) is 10.5. The smallest absolute Gasteiger partial charge is 0.225 e. The van der Waals surface area contributed by atoms with Crippen molar-refractivity contribution in [1.82, 2.24) is 15.0 Å². The summed E-state index contributed by atoms with van der Waals surface area (Å²) >= 11 is 0. The summed E-state index contributed by atoms with van der Waals surface area (Å²) in [7, 11) is 1.83. The minimum absolute atomic E-state index is 0.523. The highest BCUT2D eigenvalue weighted by Gasteiger charge is 2.17. The molecule has 2 heterocycles. The molecule has 3 rings (SSSR count). The average Bonchev–Trinajstić information content (AvgIpc) is 2.91. The Bertz CT molecular complexity index is 548. The van der Waals surface area contributed by atoms with Gasteiger partial charge in [-0.15, -0.1) is 0 Å². The second-order valence-corrected chi connectivity index (χ2v) is 4.64. The van der Waals surface area contributed by atoms with Crippen LogP contribution in [-0.2, 0) is 0 Å². The van der Waals surface area contributed by atoms with Gasteiger partial charge >= 0.3 is 0 Å². The van der Waals surface area contributed by atoms with Crippen LogP contribution in [-0.4, -0.2) is 28.0 Å². The lowest BCUT2D eigenvalue weighted by Gasteiger charge is -2.14. The predicted molar refractivity (Wildman–Crippen MR) is 72.8 cm³/mol. The summed E-state index contributed by atoms with van der Waals surface area (Å²) < 4.78 is 0. The van der Waals surface area contributed by atoms with Gasteiger partial charge in [0.2, 0.25) is 5.95 Å². The van der Waals surface area contributed by atoms with Crippen LogP contribution in [0.3, 0.4) is 0 Å². The van der Waals surface area contributed by atoms with E-state index in [0.29, 0.717) is 12.0 Å². The Morgan fingerprint density at radius 3 is 2.83 bits per heavy atom. The summed E-state index contributed by atoms with van der Waals surface area (Å²) in [5.41, 5.74) is 1.72. The Hall–Kier alpha value is -1.91. The molecule has 0 unspecified atom stereocenters. The molecule has 0 amide bonds. The predicted octanol–water partition coefficient (Wildman–Crippen LogP) is 2.42. The van der Waals surface area contributed by atoms with E-state index in [0.717, 1.165) is 16.9 Å². The lowest BCUT2D eigenvalue weighted by molar-refractivity contribution is 0.751. The van der Waals surface area contributed by atoms with Crippen molar-refractivity contribution in [2.75, 3.05) is 17.7 Å². The largest absolute Gasteiger partial charge is 0.365 e. The second kappa shape index (κ2) is 4.76. The number of nitrogens with one attached hydrogen (secondary N) is 2. The van der Waals surface area contributed by atoms with Crippen molar-refractivity contribution in [3.8, 4) is 0 Å². The van der Waals surface area contributed by atoms with Gasteiger partial charge in [0.25, 0.3) is 0 Å². The first-order valence-corrected chi connectivity index (χ1v) is 6.44. The second-order valence-electron chi connectivity index (χ2n) is 4.64. The maximum Gasteiger partial charge on any atom is 0.225 e. The van der Waals surface area contributed by atoms with Crippen LogP contribution in [0.2, 0.25) is 0 Å². The molecule has 5 heteroatoms. The van der Waals surface area contributed by atoms with Gasteiger partial charge in [0.15, 0.2) is 5.82 Å². The van der Waals surface area contributed by atoms with Crippen LogP contribution >= 0.6 is 0 Å². The van der Waals surface area contributed by atoms with Crippen molar-refractivity contribution >= 4 is 22.8 Å². The number of anilines is 2. The third-order valence-corrected chi connectivity index (χ3v) is 3.37. The molecule has 0 atom stereocenters. The quantitative estimate of drug-likeness (QED) is 0.866. The summed E-state index contributed by atoms with van der Waals surface area (Å²) in [5.74, 6) is 1.48. The molecular weight excluding hydrogens is 226 g/mol. The van der Waals surface area contributed by atoms with Gasteiger partial charge in [0.1, 0.15) is 5.52 Å². The van der Waals surface area contributed by atoms with Crippen LogP contribution in [0.4, 0.5) is 11.8 Å². The van der Waals surface area contributed by atoms with Crippen LogP contribution in [0.25, 0.3) is 11.0 Å². The fourth-order valence-corrected chi connectivity index (χ4v) is 2.44. The molecule has 0 bridgehead atoms. The summed E-state index contributed by atoms with van der Waals surface area (Å²) in [6.07, 6.45) is 6.81. The van der Waals surface area contributed by atoms with E-state index < -0.39 is 0 Å². The monoisotopic (exact) mass is 243 g/mol. The Labute approximate surface area is 106 Å². The van der Waals surface area contributed by atoms with Gasteiger partial charge in [-0.1, -0.05) is 12.8 Å². The van der Waals surface area contributed by atoms with Crippen molar-refractivity contribution in [2.24, 2.45) is 0 Å². The fourth-order valence-electron chi connectivity index (χ4n) is 2.44. The maximum absolute atomic E-state index is 4.49. The molecule has 0 radical (unpaired) electrons. The summed E-state index contributed by atoms with van der Waals surface area (Å²) in [4.78, 5) is 13.3. The van der Waals surface area contributed by atoms with E-state index in [9.17, 15) is 0 Å². The van der Waals surface area contributed by atoms with E-state index >= 15 is 0 Å². The van der Waals surface area contributed by atoms with Crippen molar-refractivity contribution in [3.63, 3.8) is 0 Å². The summed E-state index contributed by atoms with van der Waals surface area (Å²) in [6.45, 7) is 0. The number of nitrogens with zero attached hydrogens (tertiary/aromatic N) is 3. The molecule has 0 aromatic carbocycles. The standard InChI is InChI=1S/C13H17N5/c1-14-13-17-10-7-4-8-15-11(10)12(18-13)16-9-5-2-3-6-9/h4,7-9H,2-3,5-6H2,1H3,(H2,14,16,17,18). The van der Waals surface area contributed by atoms with Gasteiger partial charge in [0, 0.05) is 19.3 Å². The third kappa shape index (κ3) is 2.08. The number of pyridine rings is 1. The van der Waals surface area contributed by atoms with E-state index in [2.05, 4.69) is 25.6 Å². The minimum Gasteiger partial charge on any atom is -0.365 e. The topological polar surface area (TPSA) is 62.7 Å². The first kappa shape index (κ1) is 11.2. The highest BCUT2D eigenvalue weighted by atomic mass is 15.1. The third-order valence-electron chi connectivity index (χ3n) is 3.37. The van der Waals surface area contributed by atoms with Crippen molar-refractivity contribution in [2.45, 2.75) is 31.7 Å². The molecular formula is C13H17N5. The molecule has 1 aliphatic carbocycles. The number of rotatable bonds is 3. The van der Waals surface area contributed by atoms with Crippen LogP contribution < -0.4 is 10.6 Å². The average molecular weight is 243 g/mol. The normalized spacial score (nSPS) is 16.1. The molecule has 2 aromatic rings. The number of hydrogen-bond acceptors (Lipinski definition) is 5. The fraction of sp³-hybridized carbons (Fsp3) is 0.462. The zero-order valence-corrected chi connectivity index (χ0v) is 10.5. The van der Waals surface area contributed by atoms with Gasteiger partial charge in [-0.2, -0.15) is 4.98 Å². The van der Waals surface area contributed by atoms with E-state index in [-0.39, 0.29) is 0 Å². The number of fused-ring (bicyclic) bond motifs is 1. The summed E-state index contributed by atoms with van der Waals surface area (Å²) in [6, 6.07) is 4.38. The lowest BCUT2D eigenvalue weighted by atomic mass is 10.2. The zero-order chi connectivity index (χ0) is 12.4. The van der Waals surface area contributed by atoms with Gasteiger partial charge in [-0.25, -0.2) is 4.98 Å². The van der Waals surface area contributed by atoms with Gasteiger partial charge < -0.3 is 10.6 Å². The minimum atomic E-state index is 0.523. The molecule has 1 saturated carbocycles. The van der Waals surface area contributed by atoms with Gasteiger partial charge in [-0.05, 0) is 25.0 Å². The number of hydrogen-bond donors (Lipinski definition) is 2. The molecule has 5 nitrogen and oxygen atoms in total. The Kier molecular flexibility index (Phi) is 2.96. The molecule has 1 aliphatic rings. The molecule has 2 aromatic heterocycles. The SMILES string of the molecule is CNc1nc(NC2CCCC2)c2ncccc2n1. The van der Waals surface area contributed by atoms with Crippen LogP contribution in [0.15, 0.2) is 18.3 Å².